The first-order valence-electron chi connectivity index (χ1n) is 6.99. The third-order valence-corrected chi connectivity index (χ3v) is 4.44. The van der Waals surface area contributed by atoms with Crippen LogP contribution in [-0.4, -0.2) is 32.9 Å². The molecule has 3 rings (SSSR count). The maximum atomic E-state index is 5.87. The van der Waals surface area contributed by atoms with Crippen molar-refractivity contribution in [3.8, 4) is 12.3 Å². The standard InChI is InChI=1S/C16H15N5O2S/c1-4-11-7-10(2)23-9-22-6-5-12(11)24-16-20-13-14(17)18-8-19-15(13)21(16)3/h1,5,7-8H,2,6,9H2,3H3,(H2,17,18,19)/b11-7-,12-5+. The summed E-state index contributed by atoms with van der Waals surface area (Å²) in [5.74, 6) is 3.43. The highest BCUT2D eigenvalue weighted by Gasteiger charge is 2.16. The van der Waals surface area contributed by atoms with Crippen molar-refractivity contribution >= 4 is 28.7 Å². The molecular formula is C16H15N5O2S. The molecule has 7 nitrogen and oxygen atoms in total. The molecule has 1 aliphatic heterocycles. The third kappa shape index (κ3) is 3.13. The number of aryl methyl sites for hydroxylation is 1. The van der Waals surface area contributed by atoms with Crippen molar-refractivity contribution in [2.24, 2.45) is 7.05 Å². The van der Waals surface area contributed by atoms with Crippen molar-refractivity contribution in [3.63, 3.8) is 0 Å². The summed E-state index contributed by atoms with van der Waals surface area (Å²) < 4.78 is 12.5. The van der Waals surface area contributed by atoms with Crippen molar-refractivity contribution in [2.45, 2.75) is 5.16 Å². The van der Waals surface area contributed by atoms with E-state index in [4.69, 9.17) is 21.6 Å². The molecule has 0 bridgehead atoms. The Balaban J connectivity index is 2.02. The second-order valence-electron chi connectivity index (χ2n) is 4.86. The number of imidazole rings is 1. The number of fused-ring (bicyclic) bond motifs is 1. The predicted octanol–water partition coefficient (Wildman–Crippen LogP) is 2.00. The third-order valence-electron chi connectivity index (χ3n) is 3.29. The van der Waals surface area contributed by atoms with Gasteiger partial charge in [0.2, 0.25) is 0 Å². The van der Waals surface area contributed by atoms with Crippen LogP contribution in [0.4, 0.5) is 5.82 Å². The van der Waals surface area contributed by atoms with Gasteiger partial charge in [-0.3, -0.25) is 0 Å². The number of nitrogens with zero attached hydrogens (tertiary/aromatic N) is 4. The number of hydrogen-bond donors (Lipinski definition) is 1. The molecule has 3 heterocycles. The van der Waals surface area contributed by atoms with E-state index in [0.29, 0.717) is 40.1 Å². The first-order valence-corrected chi connectivity index (χ1v) is 7.81. The number of thioether (sulfide) groups is 1. The number of allylic oxidation sites excluding steroid dienone is 2. The Kier molecular flexibility index (Phi) is 4.55. The Morgan fingerprint density at radius 1 is 1.46 bits per heavy atom. The predicted molar refractivity (Wildman–Crippen MR) is 92.6 cm³/mol. The molecule has 2 N–H and O–H groups in total. The monoisotopic (exact) mass is 341 g/mol. The van der Waals surface area contributed by atoms with Gasteiger partial charge in [0.05, 0.1) is 6.61 Å². The molecule has 0 saturated carbocycles. The van der Waals surface area contributed by atoms with Gasteiger partial charge >= 0.3 is 0 Å². The van der Waals surface area contributed by atoms with Gasteiger partial charge < -0.3 is 19.8 Å². The van der Waals surface area contributed by atoms with Gasteiger partial charge in [-0.05, 0) is 12.2 Å². The Morgan fingerprint density at radius 3 is 3.04 bits per heavy atom. The molecule has 0 saturated heterocycles. The summed E-state index contributed by atoms with van der Waals surface area (Å²) in [5, 5.41) is 0.690. The number of aromatic nitrogens is 4. The van der Waals surface area contributed by atoms with Crippen LogP contribution in [0.25, 0.3) is 11.2 Å². The minimum atomic E-state index is 0.125. The van der Waals surface area contributed by atoms with Gasteiger partial charge in [0, 0.05) is 17.5 Å². The van der Waals surface area contributed by atoms with Gasteiger partial charge in [-0.1, -0.05) is 24.3 Å². The Morgan fingerprint density at radius 2 is 2.29 bits per heavy atom. The molecule has 8 heteroatoms. The van der Waals surface area contributed by atoms with Crippen LogP contribution < -0.4 is 5.73 Å². The van der Waals surface area contributed by atoms with Gasteiger partial charge in [0.1, 0.15) is 12.1 Å². The van der Waals surface area contributed by atoms with E-state index in [1.54, 1.807) is 6.08 Å². The van der Waals surface area contributed by atoms with Gasteiger partial charge in [-0.25, -0.2) is 15.0 Å². The normalized spacial score (nSPS) is 19.9. The van der Waals surface area contributed by atoms with E-state index in [1.807, 2.05) is 17.7 Å². The number of ether oxygens (including phenoxy) is 2. The molecule has 1 aliphatic rings. The van der Waals surface area contributed by atoms with Gasteiger partial charge in [-0.2, -0.15) is 0 Å². The first-order chi connectivity index (χ1) is 11.6. The molecule has 2 aromatic rings. The summed E-state index contributed by atoms with van der Waals surface area (Å²) >= 11 is 1.39. The maximum absolute atomic E-state index is 5.87. The van der Waals surface area contributed by atoms with Crippen molar-refractivity contribution < 1.29 is 9.47 Å². The topological polar surface area (TPSA) is 88.1 Å². The zero-order valence-corrected chi connectivity index (χ0v) is 13.8. The van der Waals surface area contributed by atoms with Crippen molar-refractivity contribution in [3.05, 3.63) is 41.3 Å². The molecule has 0 atom stereocenters. The van der Waals surface area contributed by atoms with Gasteiger partial charge in [0.15, 0.2) is 28.9 Å². The Hall–Kier alpha value is -2.76. The summed E-state index contributed by atoms with van der Waals surface area (Å²) in [5.41, 5.74) is 7.72. The highest BCUT2D eigenvalue weighted by atomic mass is 32.2. The number of hydrogen-bond acceptors (Lipinski definition) is 7. The Bertz CT molecular complexity index is 907. The molecular weight excluding hydrogens is 326 g/mol. The molecule has 0 spiro atoms. The summed E-state index contributed by atoms with van der Waals surface area (Å²) in [7, 11) is 1.86. The second-order valence-corrected chi connectivity index (χ2v) is 5.87. The van der Waals surface area contributed by atoms with Crippen LogP contribution >= 0.6 is 11.8 Å². The lowest BCUT2D eigenvalue weighted by Gasteiger charge is -2.06. The minimum absolute atomic E-state index is 0.125. The van der Waals surface area contributed by atoms with Crippen LogP contribution in [0.5, 0.6) is 0 Å². The summed E-state index contributed by atoms with van der Waals surface area (Å²) in [6, 6.07) is 0. The van der Waals surface area contributed by atoms with Crippen LogP contribution in [0.1, 0.15) is 0 Å². The number of anilines is 1. The summed E-state index contributed by atoms with van der Waals surface area (Å²) in [6.45, 7) is 4.28. The van der Waals surface area contributed by atoms with Crippen molar-refractivity contribution in [2.75, 3.05) is 19.1 Å². The number of rotatable bonds is 2. The van der Waals surface area contributed by atoms with Crippen LogP contribution in [0.2, 0.25) is 0 Å². The molecule has 2 aromatic heterocycles. The van der Waals surface area contributed by atoms with Crippen molar-refractivity contribution in [1.29, 1.82) is 0 Å². The van der Waals surface area contributed by atoms with Crippen molar-refractivity contribution in [1.82, 2.24) is 19.5 Å². The van der Waals surface area contributed by atoms with E-state index in [9.17, 15) is 0 Å². The SMILES string of the molecule is C#CC1=C/C(=C)OCOC/C=C\1Sc1nc2c(N)ncnc2n1C. The van der Waals surface area contributed by atoms with Crippen LogP contribution in [-0.2, 0) is 16.5 Å². The molecule has 24 heavy (non-hydrogen) atoms. The van der Waals surface area contributed by atoms with Crippen LogP contribution in [0.3, 0.4) is 0 Å². The van der Waals surface area contributed by atoms with E-state index >= 15 is 0 Å². The molecule has 0 aromatic carbocycles. The first kappa shape index (κ1) is 16.1. The zero-order valence-electron chi connectivity index (χ0n) is 13.0. The van der Waals surface area contributed by atoms with Crippen LogP contribution in [0.15, 0.2) is 46.5 Å². The number of nitrogens with two attached hydrogens (primary N) is 1. The fraction of sp³-hybridized carbons (Fsp3) is 0.188. The zero-order chi connectivity index (χ0) is 17.1. The van der Waals surface area contributed by atoms with E-state index in [1.165, 1.54) is 18.1 Å². The average Bonchev–Trinajstić information content (AvgIpc) is 2.92. The highest BCUT2D eigenvalue weighted by Crippen LogP contribution is 2.33. The second kappa shape index (κ2) is 6.78. The van der Waals surface area contributed by atoms with Crippen LogP contribution in [0, 0.1) is 12.3 Å². The van der Waals surface area contributed by atoms with Gasteiger partial charge in [-0.15, -0.1) is 6.42 Å². The van der Waals surface area contributed by atoms with Gasteiger partial charge in [0.25, 0.3) is 0 Å². The fourth-order valence-corrected chi connectivity index (χ4v) is 3.02. The maximum Gasteiger partial charge on any atom is 0.189 e. The van der Waals surface area contributed by atoms with E-state index in [2.05, 4.69) is 27.5 Å². The molecule has 0 aliphatic carbocycles. The summed E-state index contributed by atoms with van der Waals surface area (Å²) in [4.78, 5) is 13.5. The van der Waals surface area contributed by atoms with E-state index in [0.717, 1.165) is 4.91 Å². The number of nitrogen functional groups attached to an aromatic ring is 1. The fourth-order valence-electron chi connectivity index (χ4n) is 2.08. The Labute approximate surface area is 143 Å². The molecule has 0 unspecified atom stereocenters. The molecule has 0 fully saturated rings. The lowest BCUT2D eigenvalue weighted by Crippen LogP contribution is -1.97. The molecule has 0 amide bonds. The van der Waals surface area contributed by atoms with E-state index < -0.39 is 0 Å². The highest BCUT2D eigenvalue weighted by molar-refractivity contribution is 8.03. The van der Waals surface area contributed by atoms with E-state index in [-0.39, 0.29) is 6.79 Å². The quantitative estimate of drug-likeness (QED) is 0.836. The minimum Gasteiger partial charge on any atom is -0.468 e. The lowest BCUT2D eigenvalue weighted by atomic mass is 10.2. The largest absolute Gasteiger partial charge is 0.468 e. The molecule has 0 radical (unpaired) electrons. The number of terminal acetylenes is 1. The smallest absolute Gasteiger partial charge is 0.189 e. The lowest BCUT2D eigenvalue weighted by molar-refractivity contribution is -0.00601. The molecule has 122 valence electrons. The summed E-state index contributed by atoms with van der Waals surface area (Å²) in [6.07, 6.45) is 10.6. The average molecular weight is 341 g/mol.